The van der Waals surface area contributed by atoms with Crippen LogP contribution in [0.15, 0.2) is 0 Å². The lowest BCUT2D eigenvalue weighted by molar-refractivity contribution is -0.139. The second-order valence-corrected chi connectivity index (χ2v) is 5.25. The van der Waals surface area contributed by atoms with Crippen LogP contribution in [0.1, 0.15) is 39.0 Å². The third-order valence-corrected chi connectivity index (χ3v) is 3.84. The van der Waals surface area contributed by atoms with Crippen molar-refractivity contribution in [2.24, 2.45) is 5.92 Å². The van der Waals surface area contributed by atoms with E-state index in [9.17, 15) is 14.4 Å². The molecular formula is C13H20N2O3. The summed E-state index contributed by atoms with van der Waals surface area (Å²) in [5.74, 6) is 0.477. The summed E-state index contributed by atoms with van der Waals surface area (Å²) in [4.78, 5) is 37.8. The molecule has 2 fully saturated rings. The van der Waals surface area contributed by atoms with Gasteiger partial charge < -0.3 is 4.90 Å². The molecule has 0 aromatic rings. The van der Waals surface area contributed by atoms with E-state index in [1.807, 2.05) is 4.90 Å². The summed E-state index contributed by atoms with van der Waals surface area (Å²) in [5.41, 5.74) is 0. The number of likely N-dealkylation sites (tertiary alicyclic amines) is 2. The molecule has 2 aliphatic heterocycles. The number of hydrogen-bond donors (Lipinski definition) is 0. The number of carbonyl (C=O) groups is 3. The van der Waals surface area contributed by atoms with Crippen molar-refractivity contribution >= 4 is 17.7 Å². The fraction of sp³-hybridized carbons (Fsp3) is 0.769. The maximum Gasteiger partial charge on any atom is 0.229 e. The van der Waals surface area contributed by atoms with Crippen molar-refractivity contribution in [2.75, 3.05) is 19.6 Å². The number of imide groups is 1. The molecule has 5 heteroatoms. The van der Waals surface area contributed by atoms with Crippen LogP contribution < -0.4 is 0 Å². The first-order valence-electron chi connectivity index (χ1n) is 6.69. The minimum atomic E-state index is -0.139. The van der Waals surface area contributed by atoms with Gasteiger partial charge in [0, 0.05) is 38.9 Å². The molecule has 2 saturated heterocycles. The predicted molar refractivity (Wildman–Crippen MR) is 65.5 cm³/mol. The van der Waals surface area contributed by atoms with Gasteiger partial charge in [-0.05, 0) is 18.8 Å². The maximum absolute atomic E-state index is 12.0. The van der Waals surface area contributed by atoms with Gasteiger partial charge >= 0.3 is 0 Å². The summed E-state index contributed by atoms with van der Waals surface area (Å²) in [6.07, 6.45) is 2.97. The Labute approximate surface area is 107 Å². The standard InChI is InChI=1S/C13H20N2O3/c1-10-4-7-14(8-5-10)11(16)6-9-15-12(17)2-3-13(15)18/h10H,2-9H2,1H3. The van der Waals surface area contributed by atoms with Crippen molar-refractivity contribution in [1.82, 2.24) is 9.80 Å². The zero-order valence-corrected chi connectivity index (χ0v) is 10.9. The molecule has 0 radical (unpaired) electrons. The van der Waals surface area contributed by atoms with Gasteiger partial charge in [-0.25, -0.2) is 0 Å². The van der Waals surface area contributed by atoms with Gasteiger partial charge in [-0.3, -0.25) is 19.3 Å². The smallest absolute Gasteiger partial charge is 0.229 e. The second kappa shape index (κ2) is 5.50. The summed E-state index contributed by atoms with van der Waals surface area (Å²) < 4.78 is 0. The third kappa shape index (κ3) is 2.89. The van der Waals surface area contributed by atoms with Crippen LogP contribution >= 0.6 is 0 Å². The summed E-state index contributed by atoms with van der Waals surface area (Å²) in [6, 6.07) is 0. The number of amides is 3. The van der Waals surface area contributed by atoms with Gasteiger partial charge in [0.25, 0.3) is 0 Å². The molecule has 0 aromatic heterocycles. The fourth-order valence-corrected chi connectivity index (χ4v) is 2.50. The molecule has 2 heterocycles. The fourth-order valence-electron chi connectivity index (χ4n) is 2.50. The molecule has 2 rings (SSSR count). The molecule has 18 heavy (non-hydrogen) atoms. The van der Waals surface area contributed by atoms with Crippen LogP contribution in [0.5, 0.6) is 0 Å². The molecule has 0 bridgehead atoms. The van der Waals surface area contributed by atoms with Gasteiger partial charge in [-0.2, -0.15) is 0 Å². The minimum Gasteiger partial charge on any atom is -0.343 e. The molecule has 0 N–H and O–H groups in total. The molecule has 0 aromatic carbocycles. The highest BCUT2D eigenvalue weighted by atomic mass is 16.2. The van der Waals surface area contributed by atoms with Crippen LogP contribution in [0.25, 0.3) is 0 Å². The van der Waals surface area contributed by atoms with E-state index in [-0.39, 0.29) is 30.7 Å². The van der Waals surface area contributed by atoms with E-state index < -0.39 is 0 Å². The lowest BCUT2D eigenvalue weighted by Crippen LogP contribution is -2.40. The average molecular weight is 252 g/mol. The highest BCUT2D eigenvalue weighted by molar-refractivity contribution is 6.02. The Kier molecular flexibility index (Phi) is 3.99. The van der Waals surface area contributed by atoms with E-state index in [4.69, 9.17) is 0 Å². The third-order valence-electron chi connectivity index (χ3n) is 3.84. The predicted octanol–water partition coefficient (Wildman–Crippen LogP) is 0.784. The first-order valence-corrected chi connectivity index (χ1v) is 6.69. The van der Waals surface area contributed by atoms with Crippen molar-refractivity contribution in [1.29, 1.82) is 0 Å². The number of piperidine rings is 1. The van der Waals surface area contributed by atoms with Crippen LogP contribution in [-0.4, -0.2) is 47.2 Å². The summed E-state index contributed by atoms with van der Waals surface area (Å²) >= 11 is 0. The lowest BCUT2D eigenvalue weighted by atomic mass is 9.99. The van der Waals surface area contributed by atoms with Crippen molar-refractivity contribution in [2.45, 2.75) is 39.0 Å². The van der Waals surface area contributed by atoms with E-state index in [2.05, 4.69) is 6.92 Å². The average Bonchev–Trinajstić information content (AvgIpc) is 2.67. The Morgan fingerprint density at radius 3 is 2.28 bits per heavy atom. The lowest BCUT2D eigenvalue weighted by Gasteiger charge is -2.30. The SMILES string of the molecule is CC1CCN(C(=O)CCN2C(=O)CCC2=O)CC1. The summed E-state index contributed by atoms with van der Waals surface area (Å²) in [6.45, 7) is 4.07. The van der Waals surface area contributed by atoms with Gasteiger partial charge in [-0.15, -0.1) is 0 Å². The van der Waals surface area contributed by atoms with Crippen LogP contribution in [-0.2, 0) is 14.4 Å². The first kappa shape index (κ1) is 13.1. The van der Waals surface area contributed by atoms with Gasteiger partial charge in [0.1, 0.15) is 0 Å². The van der Waals surface area contributed by atoms with E-state index >= 15 is 0 Å². The number of carbonyl (C=O) groups excluding carboxylic acids is 3. The molecular weight excluding hydrogens is 232 g/mol. The number of hydrogen-bond acceptors (Lipinski definition) is 3. The normalized spacial score (nSPS) is 21.8. The Hall–Kier alpha value is -1.39. The monoisotopic (exact) mass is 252 g/mol. The van der Waals surface area contributed by atoms with Gasteiger partial charge in [-0.1, -0.05) is 6.92 Å². The Bertz CT molecular complexity index is 343. The van der Waals surface area contributed by atoms with E-state index in [0.717, 1.165) is 25.9 Å². The summed E-state index contributed by atoms with van der Waals surface area (Å²) in [5, 5.41) is 0. The highest BCUT2D eigenvalue weighted by Gasteiger charge is 2.29. The van der Waals surface area contributed by atoms with Crippen LogP contribution in [0.3, 0.4) is 0 Å². The van der Waals surface area contributed by atoms with Gasteiger partial charge in [0.2, 0.25) is 17.7 Å². The first-order chi connectivity index (χ1) is 8.58. The highest BCUT2D eigenvalue weighted by Crippen LogP contribution is 2.17. The minimum absolute atomic E-state index is 0.0643. The summed E-state index contributed by atoms with van der Waals surface area (Å²) in [7, 11) is 0. The van der Waals surface area contributed by atoms with Crippen LogP contribution in [0.2, 0.25) is 0 Å². The van der Waals surface area contributed by atoms with Crippen LogP contribution in [0, 0.1) is 5.92 Å². The zero-order chi connectivity index (χ0) is 13.1. The van der Waals surface area contributed by atoms with E-state index in [1.54, 1.807) is 0 Å². The topological polar surface area (TPSA) is 57.7 Å². The Morgan fingerprint density at radius 2 is 1.72 bits per heavy atom. The molecule has 5 nitrogen and oxygen atoms in total. The quantitative estimate of drug-likeness (QED) is 0.698. The van der Waals surface area contributed by atoms with Gasteiger partial charge in [0.15, 0.2) is 0 Å². The molecule has 0 spiro atoms. The number of nitrogens with zero attached hydrogens (tertiary/aromatic N) is 2. The van der Waals surface area contributed by atoms with Crippen molar-refractivity contribution in [3.63, 3.8) is 0 Å². The van der Waals surface area contributed by atoms with E-state index in [0.29, 0.717) is 18.8 Å². The maximum atomic E-state index is 12.0. The van der Waals surface area contributed by atoms with Gasteiger partial charge in [0.05, 0.1) is 0 Å². The number of rotatable bonds is 3. The van der Waals surface area contributed by atoms with Crippen molar-refractivity contribution in [3.8, 4) is 0 Å². The zero-order valence-electron chi connectivity index (χ0n) is 10.9. The molecule has 0 aliphatic carbocycles. The molecule has 3 amide bonds. The largest absolute Gasteiger partial charge is 0.343 e. The Morgan fingerprint density at radius 1 is 1.17 bits per heavy atom. The van der Waals surface area contributed by atoms with E-state index in [1.165, 1.54) is 4.90 Å². The molecule has 0 unspecified atom stereocenters. The van der Waals surface area contributed by atoms with Crippen molar-refractivity contribution in [3.05, 3.63) is 0 Å². The van der Waals surface area contributed by atoms with Crippen molar-refractivity contribution < 1.29 is 14.4 Å². The van der Waals surface area contributed by atoms with Crippen LogP contribution in [0.4, 0.5) is 0 Å². The molecule has 0 atom stereocenters. The molecule has 100 valence electrons. The molecule has 0 saturated carbocycles. The second-order valence-electron chi connectivity index (χ2n) is 5.25. The Balaban J connectivity index is 1.78. The molecule has 2 aliphatic rings.